The lowest BCUT2D eigenvalue weighted by atomic mass is 10.1. The lowest BCUT2D eigenvalue weighted by Crippen LogP contribution is -2.33. The van der Waals surface area contributed by atoms with E-state index in [0.717, 1.165) is 135 Å². The number of allylic oxidation sites excluding steroid dienone is 2. The van der Waals surface area contributed by atoms with E-state index in [0.29, 0.717) is 25.7 Å². The van der Waals surface area contributed by atoms with Crippen LogP contribution in [0.3, 0.4) is 0 Å². The molecule has 0 aromatic carbocycles. The number of carbonyl (C=O) groups excluding carboxylic acids is 6. The number of aliphatic hydroxyl groups is 2. The minimum Gasteiger partial charge on any atom is -0.463 e. The highest BCUT2D eigenvalue weighted by Crippen LogP contribution is 2.17. The minimum absolute atomic E-state index is 0. The highest BCUT2D eigenvalue weighted by atomic mass is 16.6. The predicted octanol–water partition coefficient (Wildman–Crippen LogP) is 11.5. The first-order valence-corrected chi connectivity index (χ1v) is 25.9. The molecule has 8 atom stereocenters. The fourth-order valence-corrected chi connectivity index (χ4v) is 6.84. The second-order valence-electron chi connectivity index (χ2n) is 18.1. The predicted molar refractivity (Wildman–Crippen MR) is 275 cm³/mol. The van der Waals surface area contributed by atoms with Crippen LogP contribution in [0.25, 0.3) is 0 Å². The molecule has 8 unspecified atom stereocenters. The third-order valence-corrected chi connectivity index (χ3v) is 11.1. The lowest BCUT2D eigenvalue weighted by molar-refractivity contribution is -0.174. The number of esters is 6. The molecule has 70 heavy (non-hydrogen) atoms. The van der Waals surface area contributed by atoms with Crippen LogP contribution in [0.15, 0.2) is 24.3 Å². The minimum atomic E-state index is -1.31. The van der Waals surface area contributed by atoms with Gasteiger partial charge in [0, 0.05) is 25.7 Å². The first-order chi connectivity index (χ1) is 32.5. The third kappa shape index (κ3) is 40.9. The molecule has 0 saturated heterocycles. The van der Waals surface area contributed by atoms with Gasteiger partial charge in [0.2, 0.25) is 0 Å². The molecule has 0 spiro atoms. The summed E-state index contributed by atoms with van der Waals surface area (Å²) in [6.07, 6.45) is 24.0. The van der Waals surface area contributed by atoms with E-state index in [4.69, 9.17) is 33.2 Å². The monoisotopic (exact) mass is 1000 g/mol. The molecule has 0 heterocycles. The van der Waals surface area contributed by atoms with Crippen molar-refractivity contribution in [2.45, 2.75) is 280 Å². The van der Waals surface area contributed by atoms with E-state index in [9.17, 15) is 39.0 Å². The lowest BCUT2D eigenvalue weighted by Gasteiger charge is -2.20. The number of unbranched alkanes of at least 4 members (excludes halogenated alkanes) is 15. The Morgan fingerprint density at radius 1 is 0.429 bits per heavy atom. The number of hydrogen-bond donors (Lipinski definition) is 2. The Bertz CT molecular complexity index is 1410. The molecule has 0 amide bonds. The van der Waals surface area contributed by atoms with Crippen LogP contribution in [0.1, 0.15) is 231 Å². The summed E-state index contributed by atoms with van der Waals surface area (Å²) < 4.78 is 37.9. The summed E-state index contributed by atoms with van der Waals surface area (Å²) >= 11 is 0. The number of aliphatic hydroxyl groups excluding tert-OH is 2. The zero-order valence-electron chi connectivity index (χ0n) is 43.2. The van der Waals surface area contributed by atoms with Crippen LogP contribution in [0.5, 0.6) is 0 Å². The maximum absolute atomic E-state index is 12.5. The Balaban J connectivity index is -0.0000224. The third-order valence-electron chi connectivity index (χ3n) is 11.1. The molecular formula is C55H100O15. The Morgan fingerprint density at radius 2 is 0.829 bits per heavy atom. The van der Waals surface area contributed by atoms with Crippen molar-refractivity contribution in [3.05, 3.63) is 24.3 Å². The van der Waals surface area contributed by atoms with Gasteiger partial charge in [0.05, 0.1) is 12.7 Å². The van der Waals surface area contributed by atoms with Crippen molar-refractivity contribution in [1.29, 1.82) is 0 Å². The van der Waals surface area contributed by atoms with Crippen molar-refractivity contribution in [3.8, 4) is 0 Å². The summed E-state index contributed by atoms with van der Waals surface area (Å²) in [5, 5.41) is 18.7. The van der Waals surface area contributed by atoms with E-state index in [-0.39, 0.29) is 58.3 Å². The summed E-state index contributed by atoms with van der Waals surface area (Å²) in [5.41, 5.74) is 0. The van der Waals surface area contributed by atoms with Gasteiger partial charge in [0.1, 0.15) is 37.1 Å². The summed E-state index contributed by atoms with van der Waals surface area (Å²) in [5.74, 6) is -3.45. The van der Waals surface area contributed by atoms with Crippen molar-refractivity contribution in [2.24, 2.45) is 0 Å². The van der Waals surface area contributed by atoms with E-state index >= 15 is 0 Å². The fourth-order valence-electron chi connectivity index (χ4n) is 6.84. The molecule has 0 rings (SSSR count). The number of carbonyl (C=O) groups is 6. The van der Waals surface area contributed by atoms with Crippen LogP contribution in [0, 0.1) is 0 Å². The highest BCUT2D eigenvalue weighted by Gasteiger charge is 2.26. The summed E-state index contributed by atoms with van der Waals surface area (Å²) in [7, 11) is 0. The van der Waals surface area contributed by atoms with Gasteiger partial charge in [-0.25, -0.2) is 19.2 Å². The van der Waals surface area contributed by atoms with Crippen LogP contribution < -0.4 is 0 Å². The van der Waals surface area contributed by atoms with Gasteiger partial charge in [0.15, 0.2) is 12.2 Å². The van der Waals surface area contributed by atoms with Crippen molar-refractivity contribution in [1.82, 2.24) is 0 Å². The van der Waals surface area contributed by atoms with Gasteiger partial charge in [-0.15, -0.1) is 0 Å². The fraction of sp³-hybridized carbons (Fsp3) is 0.818. The molecule has 0 aliphatic heterocycles. The Kier molecular flexibility index (Phi) is 46.6. The first-order valence-electron chi connectivity index (χ1n) is 25.9. The van der Waals surface area contributed by atoms with Crippen LogP contribution in [-0.4, -0.2) is 108 Å². The zero-order valence-corrected chi connectivity index (χ0v) is 43.2. The molecule has 0 aliphatic rings. The molecular weight excluding hydrogens is 901 g/mol. The van der Waals surface area contributed by atoms with E-state index in [2.05, 4.69) is 26.0 Å². The molecule has 0 aromatic rings. The molecule has 0 aromatic heterocycles. The SMILES string of the molecule is C.C.CCCCCCC(C/C=C\CCCCCCCC(=O)OCC(C)OCC(C)OC(=O)CCCCCCC/C=C\CC(CCCCC)OC(=O)C(C)OC(=O)C(C)O)OC(=O)C(C)OC(=O)C(C)O. The van der Waals surface area contributed by atoms with Crippen LogP contribution >= 0.6 is 0 Å². The standard InChI is InChI=1S/C53H92O15.2CH4/c1-9-11-13-27-33-47(68-53(61)45(8)66-51(59)43(6)55)35-29-23-18-14-16-20-24-30-36-48(56)63-38-40(3)62-39-41(4)64-49(57)37-31-25-21-17-15-19-22-28-34-46(32-26-12-10-2)67-52(60)44(7)65-50(58)42(5)54;;/h22-23,28-29,40-47,54-55H,9-21,24-27,30-39H2,1-8H3;2*1H4/b28-22-,29-23-;;. The first kappa shape index (κ1) is 70.4. The number of rotatable bonds is 43. The van der Waals surface area contributed by atoms with Gasteiger partial charge >= 0.3 is 35.8 Å². The molecule has 0 fully saturated rings. The van der Waals surface area contributed by atoms with E-state index in [1.54, 1.807) is 6.92 Å². The van der Waals surface area contributed by atoms with Crippen LogP contribution in [0.2, 0.25) is 0 Å². The zero-order chi connectivity index (χ0) is 51.0. The van der Waals surface area contributed by atoms with Crippen molar-refractivity contribution >= 4 is 35.8 Å². The average Bonchev–Trinajstić information content (AvgIpc) is 3.29. The van der Waals surface area contributed by atoms with E-state index in [1.165, 1.54) is 27.7 Å². The van der Waals surface area contributed by atoms with Crippen molar-refractivity contribution in [3.63, 3.8) is 0 Å². The summed E-state index contributed by atoms with van der Waals surface area (Å²) in [6.45, 7) is 13.7. The van der Waals surface area contributed by atoms with E-state index in [1.807, 2.05) is 19.1 Å². The molecule has 0 saturated carbocycles. The Labute approximate surface area is 423 Å². The van der Waals surface area contributed by atoms with Crippen LogP contribution in [-0.2, 0) is 61.9 Å². The second-order valence-corrected chi connectivity index (χ2v) is 18.1. The van der Waals surface area contributed by atoms with Gasteiger partial charge in [-0.2, -0.15) is 0 Å². The van der Waals surface area contributed by atoms with Gasteiger partial charge in [-0.3, -0.25) is 9.59 Å². The number of ether oxygens (including phenoxy) is 7. The molecule has 15 heteroatoms. The maximum Gasteiger partial charge on any atom is 0.347 e. The molecule has 410 valence electrons. The average molecular weight is 1000 g/mol. The largest absolute Gasteiger partial charge is 0.463 e. The molecule has 0 bridgehead atoms. The Morgan fingerprint density at radius 3 is 1.29 bits per heavy atom. The second kappa shape index (κ2) is 46.3. The maximum atomic E-state index is 12.5. The molecule has 0 aliphatic carbocycles. The Hall–Kier alpha value is -3.82. The molecule has 15 nitrogen and oxygen atoms in total. The summed E-state index contributed by atoms with van der Waals surface area (Å²) in [4.78, 5) is 72.9. The quantitative estimate of drug-likeness (QED) is 0.0252. The van der Waals surface area contributed by atoms with Crippen LogP contribution in [0.4, 0.5) is 0 Å². The highest BCUT2D eigenvalue weighted by molar-refractivity contribution is 5.81. The van der Waals surface area contributed by atoms with Gasteiger partial charge in [-0.1, -0.05) is 124 Å². The van der Waals surface area contributed by atoms with Gasteiger partial charge < -0.3 is 43.4 Å². The van der Waals surface area contributed by atoms with Gasteiger partial charge in [0.25, 0.3) is 0 Å². The molecule has 0 radical (unpaired) electrons. The van der Waals surface area contributed by atoms with Gasteiger partial charge in [-0.05, 0) is 106 Å². The van der Waals surface area contributed by atoms with Crippen molar-refractivity contribution in [2.75, 3.05) is 13.2 Å². The smallest absolute Gasteiger partial charge is 0.347 e. The topological polar surface area (TPSA) is 207 Å². The molecule has 2 N–H and O–H groups in total. The number of hydrogen-bond acceptors (Lipinski definition) is 15. The van der Waals surface area contributed by atoms with Crippen molar-refractivity contribution < 1.29 is 72.1 Å². The van der Waals surface area contributed by atoms with E-state index < -0.39 is 54.4 Å². The normalized spacial score (nSPS) is 14.7. The summed E-state index contributed by atoms with van der Waals surface area (Å²) in [6, 6.07) is 0.